The van der Waals surface area contributed by atoms with Gasteiger partial charge in [0.25, 0.3) is 0 Å². The number of amides is 1. The second-order valence-electron chi connectivity index (χ2n) is 5.56. The van der Waals surface area contributed by atoms with Gasteiger partial charge in [-0.25, -0.2) is 8.42 Å². The van der Waals surface area contributed by atoms with Crippen LogP contribution in [0.5, 0.6) is 0 Å². The molecular weight excluding hydrogens is 270 g/mol. The first-order chi connectivity index (χ1) is 8.86. The van der Waals surface area contributed by atoms with E-state index in [-0.39, 0.29) is 17.2 Å². The van der Waals surface area contributed by atoms with E-state index in [9.17, 15) is 13.2 Å². The van der Waals surface area contributed by atoms with Gasteiger partial charge in [-0.3, -0.25) is 4.79 Å². The fourth-order valence-corrected chi connectivity index (χ4v) is 3.48. The Hall–Kier alpha value is -0.660. The van der Waals surface area contributed by atoms with Crippen LogP contribution in [0, 0.1) is 11.3 Å². The third kappa shape index (κ3) is 3.27. The van der Waals surface area contributed by atoms with Gasteiger partial charge in [0.15, 0.2) is 9.84 Å². The van der Waals surface area contributed by atoms with Crippen molar-refractivity contribution in [2.24, 2.45) is 11.3 Å². The third-order valence-electron chi connectivity index (χ3n) is 3.85. The average Bonchev–Trinajstić information content (AvgIpc) is 2.80. The van der Waals surface area contributed by atoms with Gasteiger partial charge in [0.1, 0.15) is 5.75 Å². The molecule has 0 bridgehead atoms. The molecule has 2 atom stereocenters. The van der Waals surface area contributed by atoms with Gasteiger partial charge in [-0.05, 0) is 6.92 Å². The van der Waals surface area contributed by atoms with Gasteiger partial charge in [0.05, 0.1) is 19.8 Å². The minimum atomic E-state index is -3.27. The minimum absolute atomic E-state index is 0.150. The maximum Gasteiger partial charge on any atom is 0.237 e. The highest BCUT2D eigenvalue weighted by atomic mass is 32.2. The molecule has 1 amide bonds. The molecule has 0 radical (unpaired) electrons. The Morgan fingerprint density at radius 2 is 2.26 bits per heavy atom. The Balaban J connectivity index is 2.03. The normalized spacial score (nSPS) is 30.6. The van der Waals surface area contributed by atoms with E-state index >= 15 is 0 Å². The molecule has 0 N–H and O–H groups in total. The molecular formula is C12H21NO5S. The lowest BCUT2D eigenvalue weighted by atomic mass is 9.82. The second-order valence-corrected chi connectivity index (χ2v) is 7.70. The second kappa shape index (κ2) is 5.38. The summed E-state index contributed by atoms with van der Waals surface area (Å²) >= 11 is 0. The highest BCUT2D eigenvalue weighted by molar-refractivity contribution is 7.91. The number of hydrogen-bond donors (Lipinski definition) is 0. The van der Waals surface area contributed by atoms with Crippen molar-refractivity contribution >= 4 is 15.7 Å². The molecule has 0 aliphatic carbocycles. The average molecular weight is 291 g/mol. The Morgan fingerprint density at radius 3 is 2.89 bits per heavy atom. The van der Waals surface area contributed by atoms with Crippen molar-refractivity contribution in [2.45, 2.75) is 6.92 Å². The molecule has 7 heteroatoms. The molecule has 2 aliphatic rings. The van der Waals surface area contributed by atoms with Crippen LogP contribution >= 0.6 is 0 Å². The summed E-state index contributed by atoms with van der Waals surface area (Å²) in [4.78, 5) is 13.6. The van der Waals surface area contributed by atoms with Crippen LogP contribution in [0.2, 0.25) is 0 Å². The van der Waals surface area contributed by atoms with Crippen molar-refractivity contribution in [3.05, 3.63) is 0 Å². The molecule has 6 nitrogen and oxygen atoms in total. The zero-order valence-electron chi connectivity index (χ0n) is 11.4. The predicted octanol–water partition coefficient (Wildman–Crippen LogP) is -0.457. The lowest BCUT2D eigenvalue weighted by Crippen LogP contribution is -2.39. The van der Waals surface area contributed by atoms with Crippen molar-refractivity contribution in [3.8, 4) is 0 Å². The van der Waals surface area contributed by atoms with Crippen molar-refractivity contribution in [1.82, 2.24) is 4.90 Å². The Labute approximate surface area is 114 Å². The maximum atomic E-state index is 12.0. The smallest absolute Gasteiger partial charge is 0.237 e. The molecule has 19 heavy (non-hydrogen) atoms. The molecule has 0 aromatic carbocycles. The van der Waals surface area contributed by atoms with Crippen molar-refractivity contribution < 1.29 is 22.7 Å². The molecule has 2 saturated heterocycles. The number of nitrogens with zero attached hydrogens (tertiary/aromatic N) is 1. The number of likely N-dealkylation sites (tertiary alicyclic amines) is 1. The van der Waals surface area contributed by atoms with Crippen LogP contribution in [0.25, 0.3) is 0 Å². The summed E-state index contributed by atoms with van der Waals surface area (Å²) < 4.78 is 33.4. The SMILES string of the molecule is CCOC[C@]12COC[C@H]1CN(C(=O)CS(C)(=O)=O)C2. The minimum Gasteiger partial charge on any atom is -0.381 e. The maximum absolute atomic E-state index is 12.0. The highest BCUT2D eigenvalue weighted by Gasteiger charge is 2.52. The third-order valence-corrected chi connectivity index (χ3v) is 4.62. The zero-order chi connectivity index (χ0) is 14.1. The molecule has 2 heterocycles. The molecule has 2 rings (SSSR count). The van der Waals surface area contributed by atoms with Gasteiger partial charge < -0.3 is 14.4 Å². The summed E-state index contributed by atoms with van der Waals surface area (Å²) in [5, 5.41) is 0. The van der Waals surface area contributed by atoms with E-state index in [0.717, 1.165) is 6.26 Å². The first-order valence-corrected chi connectivity index (χ1v) is 8.53. The Kier molecular flexibility index (Phi) is 4.17. The van der Waals surface area contributed by atoms with E-state index < -0.39 is 15.6 Å². The molecule has 0 aromatic heterocycles. The number of ether oxygens (including phenoxy) is 2. The van der Waals surface area contributed by atoms with Crippen LogP contribution in [0.3, 0.4) is 0 Å². The van der Waals surface area contributed by atoms with Gasteiger partial charge in [-0.1, -0.05) is 0 Å². The number of carbonyl (C=O) groups excluding carboxylic acids is 1. The predicted molar refractivity (Wildman–Crippen MR) is 69.5 cm³/mol. The summed E-state index contributed by atoms with van der Waals surface area (Å²) in [5.41, 5.74) is -0.150. The van der Waals surface area contributed by atoms with Crippen LogP contribution in [0.15, 0.2) is 0 Å². The van der Waals surface area contributed by atoms with Crippen LogP contribution in [0.4, 0.5) is 0 Å². The monoisotopic (exact) mass is 291 g/mol. The van der Waals surface area contributed by atoms with Gasteiger partial charge >= 0.3 is 0 Å². The van der Waals surface area contributed by atoms with E-state index in [1.165, 1.54) is 0 Å². The summed E-state index contributed by atoms with van der Waals surface area (Å²) in [7, 11) is -3.27. The summed E-state index contributed by atoms with van der Waals surface area (Å²) in [6.07, 6.45) is 1.08. The zero-order valence-corrected chi connectivity index (χ0v) is 12.2. The summed E-state index contributed by atoms with van der Waals surface area (Å²) in [5.74, 6) is -0.471. The van der Waals surface area contributed by atoms with Crippen LogP contribution < -0.4 is 0 Å². The fraction of sp³-hybridized carbons (Fsp3) is 0.917. The fourth-order valence-electron chi connectivity index (χ4n) is 2.85. The van der Waals surface area contributed by atoms with Gasteiger partial charge in [0, 0.05) is 37.3 Å². The molecule has 0 unspecified atom stereocenters. The molecule has 0 aromatic rings. The Morgan fingerprint density at radius 1 is 1.53 bits per heavy atom. The lowest BCUT2D eigenvalue weighted by molar-refractivity contribution is -0.128. The highest BCUT2D eigenvalue weighted by Crippen LogP contribution is 2.41. The van der Waals surface area contributed by atoms with E-state index in [1.807, 2.05) is 6.92 Å². The van der Waals surface area contributed by atoms with E-state index in [4.69, 9.17) is 9.47 Å². The number of hydrogen-bond acceptors (Lipinski definition) is 5. The quantitative estimate of drug-likeness (QED) is 0.685. The number of sulfone groups is 1. The molecule has 2 aliphatic heterocycles. The summed E-state index contributed by atoms with van der Waals surface area (Å²) in [6.45, 7) is 5.44. The van der Waals surface area contributed by atoms with Crippen molar-refractivity contribution in [1.29, 1.82) is 0 Å². The van der Waals surface area contributed by atoms with Gasteiger partial charge in [0.2, 0.25) is 5.91 Å². The number of fused-ring (bicyclic) bond motifs is 1. The largest absolute Gasteiger partial charge is 0.381 e. The van der Waals surface area contributed by atoms with Crippen molar-refractivity contribution in [2.75, 3.05) is 51.5 Å². The lowest BCUT2D eigenvalue weighted by Gasteiger charge is -2.26. The van der Waals surface area contributed by atoms with Crippen molar-refractivity contribution in [3.63, 3.8) is 0 Å². The first-order valence-electron chi connectivity index (χ1n) is 6.47. The molecule has 0 spiro atoms. The number of rotatable bonds is 5. The number of carbonyl (C=O) groups is 1. The molecule has 2 fully saturated rings. The first kappa shape index (κ1) is 14.7. The van der Waals surface area contributed by atoms with E-state index in [2.05, 4.69) is 0 Å². The van der Waals surface area contributed by atoms with E-state index in [1.54, 1.807) is 4.90 Å². The van der Waals surface area contributed by atoms with Gasteiger partial charge in [-0.15, -0.1) is 0 Å². The standard InChI is InChI=1S/C12H21NO5S/c1-3-17-8-12-7-13(4-10(12)5-18-9-12)11(14)6-19(2,15)16/h10H,3-9H2,1-2H3/t10-,12-/m1/s1. The molecule has 110 valence electrons. The topological polar surface area (TPSA) is 72.9 Å². The van der Waals surface area contributed by atoms with E-state index in [0.29, 0.717) is 39.5 Å². The van der Waals surface area contributed by atoms with Gasteiger partial charge in [-0.2, -0.15) is 0 Å². The van der Waals surface area contributed by atoms with Crippen LogP contribution in [0.1, 0.15) is 6.92 Å². The van der Waals surface area contributed by atoms with Crippen LogP contribution in [-0.4, -0.2) is 70.8 Å². The molecule has 0 saturated carbocycles. The Bertz CT molecular complexity index is 449. The summed E-state index contributed by atoms with van der Waals surface area (Å²) in [6, 6.07) is 0. The van der Waals surface area contributed by atoms with Crippen LogP contribution in [-0.2, 0) is 24.1 Å².